The number of nitrogens with one attached hydrogen (secondary N) is 3. The molecular weight excluding hydrogens is 633 g/mol. The summed E-state index contributed by atoms with van der Waals surface area (Å²) in [5.41, 5.74) is 2.41. The van der Waals surface area contributed by atoms with E-state index in [1.165, 1.54) is 29.2 Å². The molecule has 3 atom stereocenters. The van der Waals surface area contributed by atoms with Gasteiger partial charge in [0.15, 0.2) is 0 Å². The van der Waals surface area contributed by atoms with Crippen LogP contribution in [0, 0.1) is 26.6 Å². The standard InChI is InChI=1S/C32H38FN5O8S/c1-20-12-21(2)30(22(3)13-20)47(43,44)37-27(31(40)41)16-36-29(39)19-45-26-14-25(15-35-28-6-4-5-11-34-28)38(17-26)32(42)46-18-23-7-9-24(33)10-8-23/h4-13,25-27,37H,14-19H2,1-3H3,(H,34,35)(H,36,39)(H,40,41). The summed E-state index contributed by atoms with van der Waals surface area (Å²) in [5.74, 6) is -1.94. The molecule has 47 heavy (non-hydrogen) atoms. The van der Waals surface area contributed by atoms with Crippen LogP contribution in [0.2, 0.25) is 0 Å². The van der Waals surface area contributed by atoms with Gasteiger partial charge in [0.05, 0.1) is 23.6 Å². The maximum Gasteiger partial charge on any atom is 0.410 e. The average Bonchev–Trinajstić information content (AvgIpc) is 3.43. The molecule has 1 aliphatic rings. The third kappa shape index (κ3) is 9.94. The molecule has 1 fully saturated rings. The summed E-state index contributed by atoms with van der Waals surface area (Å²) in [4.78, 5) is 43.3. The minimum absolute atomic E-state index is 0.0157. The second-order valence-electron chi connectivity index (χ2n) is 11.3. The number of rotatable bonds is 14. The number of carboxylic acids is 1. The number of hydrogen-bond acceptors (Lipinski definition) is 9. The Morgan fingerprint density at radius 3 is 2.43 bits per heavy atom. The van der Waals surface area contributed by atoms with E-state index in [4.69, 9.17) is 9.47 Å². The molecule has 15 heteroatoms. The Bertz CT molecular complexity index is 1650. The second kappa shape index (κ2) is 15.8. The smallest absolute Gasteiger partial charge is 0.410 e. The molecule has 0 aliphatic carbocycles. The molecule has 1 aliphatic heterocycles. The minimum Gasteiger partial charge on any atom is -0.480 e. The Labute approximate surface area is 272 Å². The van der Waals surface area contributed by atoms with Crippen LogP contribution in [0.1, 0.15) is 28.7 Å². The Hall–Kier alpha value is -4.60. The van der Waals surface area contributed by atoms with Crippen molar-refractivity contribution in [1.82, 2.24) is 19.9 Å². The van der Waals surface area contributed by atoms with E-state index in [0.717, 1.165) is 5.56 Å². The van der Waals surface area contributed by atoms with Gasteiger partial charge in [-0.15, -0.1) is 0 Å². The molecule has 252 valence electrons. The van der Waals surface area contributed by atoms with E-state index in [0.29, 0.717) is 35.5 Å². The number of likely N-dealkylation sites (tertiary alicyclic amines) is 1. The van der Waals surface area contributed by atoms with Crippen molar-refractivity contribution in [3.8, 4) is 0 Å². The van der Waals surface area contributed by atoms with Crippen LogP contribution in [0.25, 0.3) is 0 Å². The lowest BCUT2D eigenvalue weighted by atomic mass is 10.1. The molecule has 2 heterocycles. The zero-order valence-electron chi connectivity index (χ0n) is 26.2. The first-order valence-electron chi connectivity index (χ1n) is 14.9. The van der Waals surface area contributed by atoms with Gasteiger partial charge in [0.25, 0.3) is 0 Å². The highest BCUT2D eigenvalue weighted by Gasteiger charge is 2.37. The molecule has 0 radical (unpaired) electrons. The summed E-state index contributed by atoms with van der Waals surface area (Å²) in [5, 5.41) is 15.2. The number of benzene rings is 2. The fraction of sp³-hybridized carbons (Fsp3) is 0.375. The molecule has 0 saturated carbocycles. The predicted molar refractivity (Wildman–Crippen MR) is 170 cm³/mol. The molecular formula is C32H38FN5O8S. The minimum atomic E-state index is -4.22. The first kappa shape index (κ1) is 35.3. The highest BCUT2D eigenvalue weighted by molar-refractivity contribution is 7.89. The van der Waals surface area contributed by atoms with Gasteiger partial charge in [0.2, 0.25) is 15.9 Å². The highest BCUT2D eigenvalue weighted by atomic mass is 32.2. The van der Waals surface area contributed by atoms with E-state index >= 15 is 0 Å². The molecule has 0 spiro atoms. The van der Waals surface area contributed by atoms with Crippen LogP contribution >= 0.6 is 0 Å². The number of amides is 2. The number of carboxylic acid groups (broad SMARTS) is 1. The number of anilines is 1. The monoisotopic (exact) mass is 671 g/mol. The number of pyridine rings is 1. The van der Waals surface area contributed by atoms with Crippen molar-refractivity contribution in [2.45, 2.75) is 56.9 Å². The van der Waals surface area contributed by atoms with Crippen LogP contribution in [0.4, 0.5) is 15.0 Å². The summed E-state index contributed by atoms with van der Waals surface area (Å²) < 4.78 is 52.8. The number of sulfonamides is 1. The van der Waals surface area contributed by atoms with Gasteiger partial charge in [0.1, 0.15) is 30.9 Å². The molecule has 2 amide bonds. The maximum absolute atomic E-state index is 13.2. The summed E-state index contributed by atoms with van der Waals surface area (Å²) >= 11 is 0. The van der Waals surface area contributed by atoms with E-state index in [9.17, 15) is 32.3 Å². The van der Waals surface area contributed by atoms with Crippen molar-refractivity contribution in [3.05, 3.63) is 88.9 Å². The lowest BCUT2D eigenvalue weighted by Gasteiger charge is -2.24. The van der Waals surface area contributed by atoms with E-state index in [2.05, 4.69) is 20.3 Å². The lowest BCUT2D eigenvalue weighted by molar-refractivity contribution is -0.139. The van der Waals surface area contributed by atoms with Crippen LogP contribution < -0.4 is 15.4 Å². The summed E-state index contributed by atoms with van der Waals surface area (Å²) in [6, 6.07) is 12.3. The van der Waals surface area contributed by atoms with Crippen molar-refractivity contribution in [2.24, 2.45) is 0 Å². The number of nitrogens with zero attached hydrogens (tertiary/aromatic N) is 2. The summed E-state index contributed by atoms with van der Waals surface area (Å²) in [6.45, 7) is 4.44. The molecule has 4 N–H and O–H groups in total. The summed E-state index contributed by atoms with van der Waals surface area (Å²) in [6.07, 6.45) is 0.802. The van der Waals surface area contributed by atoms with E-state index < -0.39 is 59.1 Å². The number of carbonyl (C=O) groups is 3. The topological polar surface area (TPSA) is 176 Å². The van der Waals surface area contributed by atoms with Crippen LogP contribution in [0.3, 0.4) is 0 Å². The van der Waals surface area contributed by atoms with E-state index in [1.807, 2.05) is 13.0 Å². The van der Waals surface area contributed by atoms with E-state index in [-0.39, 0.29) is 24.1 Å². The van der Waals surface area contributed by atoms with Crippen LogP contribution in [-0.2, 0) is 35.7 Å². The summed E-state index contributed by atoms with van der Waals surface area (Å²) in [7, 11) is -4.22. The normalized spacial score (nSPS) is 16.8. The van der Waals surface area contributed by atoms with Crippen molar-refractivity contribution in [2.75, 3.05) is 31.6 Å². The maximum atomic E-state index is 13.2. The van der Waals surface area contributed by atoms with Gasteiger partial charge in [-0.05, 0) is 68.1 Å². The van der Waals surface area contributed by atoms with Crippen molar-refractivity contribution in [1.29, 1.82) is 0 Å². The molecule has 1 aromatic heterocycles. The average molecular weight is 672 g/mol. The third-order valence-corrected chi connectivity index (χ3v) is 9.27. The number of hydrogen-bond donors (Lipinski definition) is 4. The Morgan fingerprint density at radius 1 is 1.09 bits per heavy atom. The number of aromatic nitrogens is 1. The largest absolute Gasteiger partial charge is 0.480 e. The lowest BCUT2D eigenvalue weighted by Crippen LogP contribution is -2.49. The zero-order valence-corrected chi connectivity index (χ0v) is 27.1. The number of carbonyl (C=O) groups excluding carboxylic acids is 2. The first-order valence-corrected chi connectivity index (χ1v) is 16.3. The van der Waals surface area contributed by atoms with Gasteiger partial charge in [-0.3, -0.25) is 9.59 Å². The van der Waals surface area contributed by atoms with Gasteiger partial charge >= 0.3 is 12.1 Å². The van der Waals surface area contributed by atoms with Gasteiger partial charge in [-0.25, -0.2) is 22.6 Å². The molecule has 0 bridgehead atoms. The highest BCUT2D eigenvalue weighted by Crippen LogP contribution is 2.23. The third-order valence-electron chi connectivity index (χ3n) is 7.49. The predicted octanol–water partition coefficient (Wildman–Crippen LogP) is 2.90. The van der Waals surface area contributed by atoms with Crippen molar-refractivity contribution in [3.63, 3.8) is 0 Å². The molecule has 3 aromatic rings. The zero-order chi connectivity index (χ0) is 34.1. The fourth-order valence-corrected chi connectivity index (χ4v) is 7.03. The van der Waals surface area contributed by atoms with Crippen molar-refractivity contribution >= 4 is 33.8 Å². The number of ether oxygens (including phenoxy) is 2. The molecule has 4 rings (SSSR count). The number of aliphatic carboxylic acids is 1. The first-order chi connectivity index (χ1) is 22.3. The van der Waals surface area contributed by atoms with Gasteiger partial charge in [-0.1, -0.05) is 35.9 Å². The fourth-order valence-electron chi connectivity index (χ4n) is 5.39. The number of halogens is 1. The Morgan fingerprint density at radius 2 is 1.79 bits per heavy atom. The molecule has 2 aromatic carbocycles. The van der Waals surface area contributed by atoms with Gasteiger partial charge in [-0.2, -0.15) is 4.72 Å². The molecule has 13 nitrogen and oxygen atoms in total. The van der Waals surface area contributed by atoms with Gasteiger partial charge in [0, 0.05) is 19.3 Å². The number of aryl methyl sites for hydroxylation is 3. The van der Waals surface area contributed by atoms with Crippen LogP contribution in [-0.4, -0.2) is 85.8 Å². The molecule has 1 saturated heterocycles. The SMILES string of the molecule is Cc1cc(C)c(S(=O)(=O)NC(CNC(=O)COC2CC(CNc3ccccn3)N(C(=O)OCc3ccc(F)cc3)C2)C(=O)O)c(C)c1. The Kier molecular flexibility index (Phi) is 11.9. The van der Waals surface area contributed by atoms with Gasteiger partial charge < -0.3 is 30.1 Å². The Balaban J connectivity index is 1.33. The second-order valence-corrected chi connectivity index (χ2v) is 12.9. The molecule has 3 unspecified atom stereocenters. The van der Waals surface area contributed by atoms with Crippen LogP contribution in [0.5, 0.6) is 0 Å². The quantitative estimate of drug-likeness (QED) is 0.199. The van der Waals surface area contributed by atoms with Crippen LogP contribution in [0.15, 0.2) is 65.7 Å². The van der Waals surface area contributed by atoms with E-state index in [1.54, 1.807) is 44.3 Å². The van der Waals surface area contributed by atoms with Crippen molar-refractivity contribution < 1.29 is 41.8 Å².